The molecule has 3 heteroatoms. The molecule has 1 rings (SSSR count). The van der Waals surface area contributed by atoms with E-state index >= 15 is 0 Å². The topological polar surface area (TPSA) is 18.5 Å². The Morgan fingerprint density at radius 3 is 2.23 bits per heavy atom. The number of rotatable bonds is 13. The average Bonchev–Trinajstić information content (AvgIpc) is 2.68. The Morgan fingerprint density at radius 2 is 1.68 bits per heavy atom. The van der Waals surface area contributed by atoms with Crippen molar-refractivity contribution in [2.24, 2.45) is 0 Å². The first-order valence-electron chi connectivity index (χ1n) is 11.2. The highest BCUT2D eigenvalue weighted by Crippen LogP contribution is 2.27. The number of hydrogen-bond donors (Lipinski definition) is 0. The van der Waals surface area contributed by atoms with Crippen molar-refractivity contribution in [1.82, 2.24) is 0 Å². The summed E-state index contributed by atoms with van der Waals surface area (Å²) >= 11 is 6.05. The summed E-state index contributed by atoms with van der Waals surface area (Å²) in [5, 5.41) is 0.763. The number of allylic oxidation sites excluding steroid dienone is 5. The van der Waals surface area contributed by atoms with Gasteiger partial charge in [0.2, 0.25) is 0 Å². The van der Waals surface area contributed by atoms with Crippen LogP contribution in [0.25, 0.3) is 5.57 Å². The summed E-state index contributed by atoms with van der Waals surface area (Å²) in [5.74, 6) is 0. The molecule has 0 aliphatic heterocycles. The van der Waals surface area contributed by atoms with Gasteiger partial charge in [-0.2, -0.15) is 0 Å². The van der Waals surface area contributed by atoms with Crippen LogP contribution in [-0.4, -0.2) is 24.4 Å². The van der Waals surface area contributed by atoms with E-state index in [0.717, 1.165) is 29.9 Å². The summed E-state index contributed by atoms with van der Waals surface area (Å²) in [7, 11) is 0. The van der Waals surface area contributed by atoms with E-state index in [1.807, 2.05) is 19.1 Å². The largest absolute Gasteiger partial charge is 0.371 e. The fourth-order valence-corrected chi connectivity index (χ4v) is 3.69. The summed E-state index contributed by atoms with van der Waals surface area (Å²) < 4.78 is 12.1. The summed E-state index contributed by atoms with van der Waals surface area (Å²) in [5.41, 5.74) is 4.18. The third-order valence-electron chi connectivity index (χ3n) is 4.85. The molecule has 0 saturated carbocycles. The van der Waals surface area contributed by atoms with Crippen molar-refractivity contribution in [2.75, 3.05) is 13.2 Å². The summed E-state index contributed by atoms with van der Waals surface area (Å²) in [6, 6.07) is 8.07. The fourth-order valence-electron chi connectivity index (χ4n) is 3.57. The Hall–Kier alpha value is -1.61. The van der Waals surface area contributed by atoms with Crippen molar-refractivity contribution >= 4 is 17.2 Å². The van der Waals surface area contributed by atoms with Crippen LogP contribution in [0.15, 0.2) is 66.3 Å². The zero-order valence-electron chi connectivity index (χ0n) is 20.6. The van der Waals surface area contributed by atoms with Crippen molar-refractivity contribution in [3.8, 4) is 0 Å². The molecule has 0 heterocycles. The Balaban J connectivity index is 2.74. The third kappa shape index (κ3) is 11.5. The van der Waals surface area contributed by atoms with E-state index in [9.17, 15) is 0 Å². The lowest BCUT2D eigenvalue weighted by atomic mass is 9.92. The molecule has 0 N–H and O–H groups in total. The second-order valence-electron chi connectivity index (χ2n) is 9.37. The Labute approximate surface area is 195 Å². The van der Waals surface area contributed by atoms with Crippen molar-refractivity contribution in [3.63, 3.8) is 0 Å². The van der Waals surface area contributed by atoms with Crippen molar-refractivity contribution < 1.29 is 9.47 Å². The van der Waals surface area contributed by atoms with Crippen LogP contribution in [0.5, 0.6) is 0 Å². The van der Waals surface area contributed by atoms with Gasteiger partial charge in [-0.15, -0.1) is 0 Å². The van der Waals surface area contributed by atoms with Crippen LogP contribution in [0.3, 0.4) is 0 Å². The SMILES string of the molecule is C=C(C)COC(C)(C)CC(C)(C)OC\C=C/C(=C\C)/C=C(\CCC)c1ccc(Cl)cc1. The highest BCUT2D eigenvalue weighted by atomic mass is 35.5. The molecule has 2 nitrogen and oxygen atoms in total. The molecule has 1 aromatic carbocycles. The molecule has 0 radical (unpaired) electrons. The van der Waals surface area contributed by atoms with Crippen LogP contribution in [0.4, 0.5) is 0 Å². The molecule has 0 amide bonds. The minimum Gasteiger partial charge on any atom is -0.371 e. The molecule has 0 unspecified atom stereocenters. The van der Waals surface area contributed by atoms with Gasteiger partial charge in [0.1, 0.15) is 0 Å². The van der Waals surface area contributed by atoms with Crippen LogP contribution in [0, 0.1) is 0 Å². The second kappa shape index (κ2) is 13.1. The van der Waals surface area contributed by atoms with E-state index in [2.05, 4.69) is 84.6 Å². The number of halogens is 1. The molecule has 0 saturated heterocycles. The van der Waals surface area contributed by atoms with E-state index in [4.69, 9.17) is 21.1 Å². The monoisotopic (exact) mass is 444 g/mol. The molecular weight excluding hydrogens is 404 g/mol. The van der Waals surface area contributed by atoms with Gasteiger partial charge in [0.25, 0.3) is 0 Å². The van der Waals surface area contributed by atoms with E-state index in [1.165, 1.54) is 16.7 Å². The third-order valence-corrected chi connectivity index (χ3v) is 5.10. The Kier molecular flexibility index (Phi) is 11.5. The minimum absolute atomic E-state index is 0.267. The highest BCUT2D eigenvalue weighted by Gasteiger charge is 2.30. The molecular formula is C28H41ClO2. The van der Waals surface area contributed by atoms with Crippen LogP contribution < -0.4 is 0 Å². The van der Waals surface area contributed by atoms with Crippen LogP contribution >= 0.6 is 11.6 Å². The molecule has 0 fully saturated rings. The standard InChI is InChI=1S/C28H41ClO2/c1-9-12-25(24-14-16-26(29)17-15-24)19-23(10-2)13-11-18-30-27(5,6)21-28(7,8)31-20-22(3)4/h10-11,13-17,19H,3,9,12,18,20-21H2,1-2,4-8H3/b13-11-,23-10+,25-19+. The summed E-state index contributed by atoms with van der Waals surface area (Å²) in [6.07, 6.45) is 11.5. The molecule has 0 spiro atoms. The van der Waals surface area contributed by atoms with Gasteiger partial charge >= 0.3 is 0 Å². The van der Waals surface area contributed by atoms with E-state index < -0.39 is 0 Å². The first-order chi connectivity index (χ1) is 14.5. The van der Waals surface area contributed by atoms with Gasteiger partial charge in [-0.05, 0) is 76.8 Å². The van der Waals surface area contributed by atoms with Gasteiger partial charge in [0.05, 0.1) is 24.4 Å². The first-order valence-corrected chi connectivity index (χ1v) is 11.6. The van der Waals surface area contributed by atoms with E-state index in [-0.39, 0.29) is 11.2 Å². The maximum atomic E-state index is 6.17. The first kappa shape index (κ1) is 27.4. The predicted molar refractivity (Wildman–Crippen MR) is 137 cm³/mol. The molecule has 0 aliphatic rings. The number of benzene rings is 1. The van der Waals surface area contributed by atoms with Crippen molar-refractivity contribution in [2.45, 2.75) is 78.9 Å². The molecule has 1 aromatic rings. The summed E-state index contributed by atoms with van der Waals surface area (Å²) in [6.45, 7) is 19.7. The zero-order valence-corrected chi connectivity index (χ0v) is 21.3. The fraction of sp³-hybridized carbons (Fsp3) is 0.500. The molecule has 172 valence electrons. The lowest BCUT2D eigenvalue weighted by molar-refractivity contribution is -0.0891. The van der Waals surface area contributed by atoms with Crippen LogP contribution in [0.2, 0.25) is 5.02 Å². The lowest BCUT2D eigenvalue weighted by Gasteiger charge is -2.35. The van der Waals surface area contributed by atoms with Crippen LogP contribution in [0.1, 0.15) is 73.3 Å². The predicted octanol–water partition coefficient (Wildman–Crippen LogP) is 8.58. The highest BCUT2D eigenvalue weighted by molar-refractivity contribution is 6.30. The molecule has 31 heavy (non-hydrogen) atoms. The minimum atomic E-state index is -0.286. The maximum absolute atomic E-state index is 6.17. The van der Waals surface area contributed by atoms with Gasteiger partial charge in [-0.25, -0.2) is 0 Å². The number of hydrogen-bond acceptors (Lipinski definition) is 2. The van der Waals surface area contributed by atoms with Gasteiger partial charge in [0, 0.05) is 11.4 Å². The maximum Gasteiger partial charge on any atom is 0.0678 e. The molecule has 0 atom stereocenters. The van der Waals surface area contributed by atoms with Crippen molar-refractivity contribution in [3.05, 3.63) is 76.9 Å². The van der Waals surface area contributed by atoms with Gasteiger partial charge in [-0.3, -0.25) is 0 Å². The Bertz CT molecular complexity index is 780. The average molecular weight is 445 g/mol. The molecule has 0 bridgehead atoms. The molecule has 0 aliphatic carbocycles. The zero-order chi connectivity index (χ0) is 23.5. The lowest BCUT2D eigenvalue weighted by Crippen LogP contribution is -2.37. The van der Waals surface area contributed by atoms with Gasteiger partial charge in [0.15, 0.2) is 0 Å². The quantitative estimate of drug-likeness (QED) is 0.224. The Morgan fingerprint density at radius 1 is 1.06 bits per heavy atom. The van der Waals surface area contributed by atoms with Gasteiger partial charge < -0.3 is 9.47 Å². The summed E-state index contributed by atoms with van der Waals surface area (Å²) in [4.78, 5) is 0. The van der Waals surface area contributed by atoms with Crippen molar-refractivity contribution in [1.29, 1.82) is 0 Å². The number of ether oxygens (including phenoxy) is 2. The van der Waals surface area contributed by atoms with E-state index in [0.29, 0.717) is 13.2 Å². The normalized spacial score (nSPS) is 13.8. The smallest absolute Gasteiger partial charge is 0.0678 e. The molecule has 0 aromatic heterocycles. The van der Waals surface area contributed by atoms with Gasteiger partial charge in [-0.1, -0.05) is 73.5 Å². The van der Waals surface area contributed by atoms with E-state index in [1.54, 1.807) is 0 Å². The second-order valence-corrected chi connectivity index (χ2v) is 9.81. The van der Waals surface area contributed by atoms with Crippen LogP contribution in [-0.2, 0) is 9.47 Å².